The minimum atomic E-state index is 0.147. The molecule has 0 aliphatic carbocycles. The summed E-state index contributed by atoms with van der Waals surface area (Å²) in [5.41, 5.74) is 1.58. The summed E-state index contributed by atoms with van der Waals surface area (Å²) in [6.45, 7) is 0. The zero-order valence-corrected chi connectivity index (χ0v) is 11.6. The number of phenols is 1. The van der Waals surface area contributed by atoms with E-state index in [2.05, 4.69) is 23.6 Å². The monoisotopic (exact) mass is 285 g/mol. The van der Waals surface area contributed by atoms with Crippen LogP contribution in [0.2, 0.25) is 0 Å². The minimum Gasteiger partial charge on any atom is -0.507 e. The van der Waals surface area contributed by atoms with E-state index in [1.165, 1.54) is 16.0 Å². The normalized spacial score (nSPS) is 10.5. The molecule has 19 heavy (non-hydrogen) atoms. The molecule has 0 bridgehead atoms. The fraction of sp³-hybridized carbons (Fsp3) is 0. The Labute approximate surface area is 119 Å². The molecule has 2 heterocycles. The van der Waals surface area contributed by atoms with Gasteiger partial charge in [0.15, 0.2) is 0 Å². The molecule has 3 rings (SSSR count). The molecule has 0 fully saturated rings. The maximum Gasteiger partial charge on any atom is 0.124 e. The molecule has 2 N–H and O–H groups in total. The van der Waals surface area contributed by atoms with Crippen molar-refractivity contribution >= 4 is 28.9 Å². The van der Waals surface area contributed by atoms with Gasteiger partial charge in [-0.3, -0.25) is 0 Å². The van der Waals surface area contributed by atoms with Crippen molar-refractivity contribution in [2.75, 3.05) is 0 Å². The van der Waals surface area contributed by atoms with Gasteiger partial charge >= 0.3 is 0 Å². The second-order valence-electron chi connectivity index (χ2n) is 4.06. The second kappa shape index (κ2) is 4.99. The summed E-state index contributed by atoms with van der Waals surface area (Å²) >= 11 is 3.45. The van der Waals surface area contributed by atoms with Crippen LogP contribution in [0.3, 0.4) is 0 Å². The molecule has 0 atom stereocenters. The van der Waals surface area contributed by atoms with Gasteiger partial charge in [-0.1, -0.05) is 6.07 Å². The SMILES string of the molecule is N=Cc1cc(-c2ccc(-c3cccs3)s2)ccc1O. The molecule has 94 valence electrons. The number of nitrogens with one attached hydrogen (secondary N) is 1. The highest BCUT2D eigenvalue weighted by Gasteiger charge is 2.07. The summed E-state index contributed by atoms with van der Waals surface area (Å²) in [6, 6.07) is 13.7. The molecule has 1 aromatic carbocycles. The predicted octanol–water partition coefficient (Wildman–Crippen LogP) is 4.85. The van der Waals surface area contributed by atoms with Crippen LogP contribution in [0.1, 0.15) is 5.56 Å². The average molecular weight is 285 g/mol. The molecule has 2 aromatic heterocycles. The molecule has 0 amide bonds. The molecule has 0 saturated heterocycles. The summed E-state index contributed by atoms with van der Waals surface area (Å²) < 4.78 is 0. The highest BCUT2D eigenvalue weighted by atomic mass is 32.1. The maximum absolute atomic E-state index is 9.59. The highest BCUT2D eigenvalue weighted by Crippen LogP contribution is 2.37. The first-order valence-electron chi connectivity index (χ1n) is 5.75. The Hall–Kier alpha value is -1.91. The van der Waals surface area contributed by atoms with E-state index < -0.39 is 0 Å². The first-order valence-corrected chi connectivity index (χ1v) is 7.45. The smallest absolute Gasteiger partial charge is 0.124 e. The zero-order chi connectivity index (χ0) is 13.2. The van der Waals surface area contributed by atoms with Crippen LogP contribution >= 0.6 is 22.7 Å². The number of thiophene rings is 2. The summed E-state index contributed by atoms with van der Waals surface area (Å²) in [5.74, 6) is 0.147. The Balaban J connectivity index is 2.01. The molecule has 4 heteroatoms. The van der Waals surface area contributed by atoms with Crippen molar-refractivity contribution in [1.82, 2.24) is 0 Å². The molecule has 0 spiro atoms. The van der Waals surface area contributed by atoms with Crippen molar-refractivity contribution in [3.8, 4) is 25.9 Å². The predicted molar refractivity (Wildman–Crippen MR) is 82.6 cm³/mol. The van der Waals surface area contributed by atoms with Crippen molar-refractivity contribution in [2.45, 2.75) is 0 Å². The van der Waals surface area contributed by atoms with Gasteiger partial charge in [-0.25, -0.2) is 0 Å². The van der Waals surface area contributed by atoms with Crippen LogP contribution < -0.4 is 0 Å². The van der Waals surface area contributed by atoms with E-state index in [1.54, 1.807) is 28.7 Å². The van der Waals surface area contributed by atoms with Crippen molar-refractivity contribution < 1.29 is 5.11 Å². The Kier molecular flexibility index (Phi) is 3.19. The Morgan fingerprint density at radius 1 is 1.00 bits per heavy atom. The van der Waals surface area contributed by atoms with Crippen LogP contribution in [0.4, 0.5) is 0 Å². The molecule has 0 aliphatic heterocycles. The van der Waals surface area contributed by atoms with E-state index in [4.69, 9.17) is 5.41 Å². The lowest BCUT2D eigenvalue weighted by Gasteiger charge is -2.01. The molecule has 2 nitrogen and oxygen atoms in total. The topological polar surface area (TPSA) is 44.1 Å². The van der Waals surface area contributed by atoms with Gasteiger partial charge in [0.05, 0.1) is 0 Å². The lowest BCUT2D eigenvalue weighted by Crippen LogP contribution is -1.82. The lowest BCUT2D eigenvalue weighted by molar-refractivity contribution is 0.474. The Morgan fingerprint density at radius 3 is 2.58 bits per heavy atom. The summed E-state index contributed by atoms with van der Waals surface area (Å²) in [7, 11) is 0. The van der Waals surface area contributed by atoms with Gasteiger partial charge in [-0.2, -0.15) is 0 Å². The van der Waals surface area contributed by atoms with Crippen LogP contribution in [0, 0.1) is 5.41 Å². The fourth-order valence-electron chi connectivity index (χ4n) is 1.87. The van der Waals surface area contributed by atoms with Crippen molar-refractivity contribution in [2.24, 2.45) is 0 Å². The van der Waals surface area contributed by atoms with Crippen molar-refractivity contribution in [3.63, 3.8) is 0 Å². The number of rotatable bonds is 3. The quantitative estimate of drug-likeness (QED) is 0.664. The Bertz CT molecular complexity index is 714. The van der Waals surface area contributed by atoms with Crippen LogP contribution in [-0.2, 0) is 0 Å². The van der Waals surface area contributed by atoms with Gasteiger partial charge < -0.3 is 10.5 Å². The van der Waals surface area contributed by atoms with E-state index in [9.17, 15) is 5.11 Å². The van der Waals surface area contributed by atoms with E-state index in [0.717, 1.165) is 10.4 Å². The number of phenolic OH excluding ortho intramolecular Hbond substituents is 1. The fourth-order valence-corrected chi connectivity index (χ4v) is 3.70. The Morgan fingerprint density at radius 2 is 1.84 bits per heavy atom. The minimum absolute atomic E-state index is 0.147. The summed E-state index contributed by atoms with van der Waals surface area (Å²) in [5, 5.41) is 18.9. The number of aromatic hydroxyl groups is 1. The van der Waals surface area contributed by atoms with Crippen molar-refractivity contribution in [1.29, 1.82) is 5.41 Å². The van der Waals surface area contributed by atoms with Crippen molar-refractivity contribution in [3.05, 3.63) is 53.4 Å². The van der Waals surface area contributed by atoms with Gasteiger partial charge in [-0.15, -0.1) is 22.7 Å². The van der Waals surface area contributed by atoms with Crippen LogP contribution in [-0.4, -0.2) is 11.3 Å². The molecule has 0 aliphatic rings. The second-order valence-corrected chi connectivity index (χ2v) is 6.09. The first-order chi connectivity index (χ1) is 9.28. The van der Waals surface area contributed by atoms with E-state index >= 15 is 0 Å². The molecule has 0 radical (unpaired) electrons. The molecular formula is C15H11NOS2. The third-order valence-corrected chi connectivity index (χ3v) is 5.04. The van der Waals surface area contributed by atoms with Crippen LogP contribution in [0.25, 0.3) is 20.2 Å². The van der Waals surface area contributed by atoms with E-state index in [-0.39, 0.29) is 5.75 Å². The number of benzene rings is 1. The van der Waals surface area contributed by atoms with Gasteiger partial charge in [0.2, 0.25) is 0 Å². The summed E-state index contributed by atoms with van der Waals surface area (Å²) in [6.07, 6.45) is 1.17. The largest absolute Gasteiger partial charge is 0.507 e. The third kappa shape index (κ3) is 2.32. The molecule has 0 unspecified atom stereocenters. The van der Waals surface area contributed by atoms with Gasteiger partial charge in [0.25, 0.3) is 0 Å². The third-order valence-electron chi connectivity index (χ3n) is 2.84. The average Bonchev–Trinajstić information content (AvgIpc) is 3.10. The highest BCUT2D eigenvalue weighted by molar-refractivity contribution is 7.23. The first kappa shape index (κ1) is 12.1. The lowest BCUT2D eigenvalue weighted by atomic mass is 10.1. The van der Waals surface area contributed by atoms with Gasteiger partial charge in [0.1, 0.15) is 5.75 Å². The van der Waals surface area contributed by atoms with Gasteiger partial charge in [0, 0.05) is 26.4 Å². The van der Waals surface area contributed by atoms with Crippen LogP contribution in [0.5, 0.6) is 5.75 Å². The van der Waals surface area contributed by atoms with Gasteiger partial charge in [-0.05, 0) is 47.3 Å². The standard InChI is InChI=1S/C15H11NOS2/c16-9-11-8-10(3-4-12(11)17)13-5-6-15(19-13)14-2-1-7-18-14/h1-9,16-17H. The molecular weight excluding hydrogens is 274 g/mol. The number of hydrogen-bond donors (Lipinski definition) is 2. The summed E-state index contributed by atoms with van der Waals surface area (Å²) in [4.78, 5) is 3.66. The molecule has 3 aromatic rings. The zero-order valence-electron chi connectivity index (χ0n) is 9.96. The van der Waals surface area contributed by atoms with Crippen LogP contribution in [0.15, 0.2) is 47.8 Å². The molecule has 0 saturated carbocycles. The number of hydrogen-bond acceptors (Lipinski definition) is 4. The van der Waals surface area contributed by atoms with E-state index in [0.29, 0.717) is 5.56 Å². The van der Waals surface area contributed by atoms with E-state index in [1.807, 2.05) is 18.2 Å². The maximum atomic E-state index is 9.59.